The lowest BCUT2D eigenvalue weighted by Crippen LogP contribution is -2.30. The number of aromatic nitrogens is 3. The number of carboxylic acids is 2. The number of rotatable bonds is 13. The summed E-state index contributed by atoms with van der Waals surface area (Å²) < 4.78 is 34.7. The maximum atomic E-state index is 15.2. The van der Waals surface area contributed by atoms with Gasteiger partial charge in [-0.25, -0.2) is 18.7 Å². The molecule has 1 amide bonds. The summed E-state index contributed by atoms with van der Waals surface area (Å²) in [5, 5.41) is 21.7. The lowest BCUT2D eigenvalue weighted by atomic mass is 10.2. The first-order valence-electron chi connectivity index (χ1n) is 15.9. The maximum absolute atomic E-state index is 15.2. The molecule has 2 aromatic heterocycles. The molecule has 5 rings (SSSR count). The lowest BCUT2D eigenvalue weighted by molar-refractivity contribution is -0.147. The number of likely N-dealkylation sites (N-methyl/N-ethyl adjacent to an activating group) is 1. The van der Waals surface area contributed by atoms with E-state index in [1.165, 1.54) is 16.8 Å². The Morgan fingerprint density at radius 3 is 2.28 bits per heavy atom. The second-order valence-corrected chi connectivity index (χ2v) is 11.2. The molecule has 0 saturated carbocycles. The van der Waals surface area contributed by atoms with Crippen LogP contribution in [-0.4, -0.2) is 75.2 Å². The Kier molecular flexibility index (Phi) is 13.2. The van der Waals surface area contributed by atoms with Gasteiger partial charge in [0.25, 0.3) is 11.5 Å². The molecule has 4 N–H and O–H groups in total. The number of amides is 1. The molecule has 0 bridgehead atoms. The van der Waals surface area contributed by atoms with Crippen LogP contribution in [0.2, 0.25) is 0 Å². The number of nitrogens with zero attached hydrogens (tertiary/aromatic N) is 3. The van der Waals surface area contributed by atoms with Gasteiger partial charge < -0.3 is 35.1 Å². The number of hydrogen-bond acceptors (Lipinski definition) is 10. The fraction of sp³-hybridized carbons (Fsp3) is 0.189. The summed E-state index contributed by atoms with van der Waals surface area (Å²) in [7, 11) is 3.19. The second-order valence-electron chi connectivity index (χ2n) is 11.2. The van der Waals surface area contributed by atoms with Gasteiger partial charge in [0.2, 0.25) is 0 Å². The zero-order valence-electron chi connectivity index (χ0n) is 29.0. The molecule has 1 atom stereocenters. The highest BCUT2D eigenvalue weighted by Gasteiger charge is 2.26. The van der Waals surface area contributed by atoms with Crippen LogP contribution in [0, 0.1) is 12.7 Å². The minimum Gasteiger partial charge on any atom is -0.497 e. The van der Waals surface area contributed by atoms with E-state index in [1.54, 1.807) is 93.5 Å². The van der Waals surface area contributed by atoms with Gasteiger partial charge in [-0.3, -0.25) is 24.0 Å². The predicted octanol–water partition coefficient (Wildman–Crippen LogP) is 4.55. The van der Waals surface area contributed by atoms with Crippen molar-refractivity contribution in [3.05, 3.63) is 119 Å². The fourth-order valence-corrected chi connectivity index (χ4v) is 5.08. The molecule has 0 aliphatic carbocycles. The number of carbonyl (C=O) groups excluding carboxylic acids is 2. The van der Waals surface area contributed by atoms with E-state index in [9.17, 15) is 24.0 Å². The molecule has 0 spiro atoms. The van der Waals surface area contributed by atoms with Crippen LogP contribution in [0.5, 0.6) is 17.2 Å². The van der Waals surface area contributed by atoms with Gasteiger partial charge in [-0.15, -0.1) is 0 Å². The summed E-state index contributed by atoms with van der Waals surface area (Å²) >= 11 is 0. The average Bonchev–Trinajstić information content (AvgIpc) is 3.36. The van der Waals surface area contributed by atoms with E-state index in [4.69, 9.17) is 24.4 Å². The average molecular weight is 730 g/mol. The Labute approximate surface area is 301 Å². The summed E-state index contributed by atoms with van der Waals surface area (Å²) in [6.07, 6.45) is 2.06. The van der Waals surface area contributed by atoms with Crippen molar-refractivity contribution in [1.82, 2.24) is 19.7 Å². The Morgan fingerprint density at radius 2 is 1.66 bits per heavy atom. The van der Waals surface area contributed by atoms with Crippen LogP contribution in [0.3, 0.4) is 0 Å². The molecular weight excluding hydrogens is 693 g/mol. The second kappa shape index (κ2) is 17.9. The van der Waals surface area contributed by atoms with Crippen molar-refractivity contribution in [2.45, 2.75) is 26.5 Å². The van der Waals surface area contributed by atoms with Crippen molar-refractivity contribution < 1.29 is 48.0 Å². The minimum absolute atomic E-state index is 0.0307. The lowest BCUT2D eigenvalue weighted by Gasteiger charge is -2.18. The van der Waals surface area contributed by atoms with Gasteiger partial charge in [-0.05, 0) is 63.4 Å². The highest BCUT2D eigenvalue weighted by Crippen LogP contribution is 2.33. The Balaban J connectivity index is 0.000000703. The molecular formula is C37H36FN5O10. The first kappa shape index (κ1) is 39.0. The van der Waals surface area contributed by atoms with E-state index in [0.29, 0.717) is 45.9 Å². The molecule has 3 aromatic carbocycles. The molecule has 5 aromatic rings. The van der Waals surface area contributed by atoms with E-state index >= 15 is 4.39 Å². The zero-order valence-corrected chi connectivity index (χ0v) is 29.0. The number of nitrogens with one attached hydrogen (secondary N) is 2. The number of ether oxygens (including phenoxy) is 3. The first-order valence-corrected chi connectivity index (χ1v) is 15.9. The number of anilines is 1. The molecule has 0 saturated heterocycles. The van der Waals surface area contributed by atoms with Gasteiger partial charge in [0.15, 0.2) is 11.6 Å². The van der Waals surface area contributed by atoms with Crippen LogP contribution in [-0.2, 0) is 25.7 Å². The number of para-hydroxylation sites is 1. The van der Waals surface area contributed by atoms with E-state index in [0.717, 1.165) is 6.07 Å². The highest BCUT2D eigenvalue weighted by molar-refractivity contribution is 6.05. The topological polar surface area (TPSA) is 200 Å². The zero-order chi connectivity index (χ0) is 38.7. The number of halogens is 1. The van der Waals surface area contributed by atoms with Crippen LogP contribution in [0.25, 0.3) is 16.6 Å². The summed E-state index contributed by atoms with van der Waals surface area (Å²) in [4.78, 5) is 62.6. The van der Waals surface area contributed by atoms with Crippen LogP contribution < -0.4 is 25.7 Å². The molecule has 0 unspecified atom stereocenters. The number of fused-ring (bicyclic) bond motifs is 1. The van der Waals surface area contributed by atoms with Crippen LogP contribution in [0.1, 0.15) is 23.0 Å². The summed E-state index contributed by atoms with van der Waals surface area (Å²) in [5.41, 5.74) is 0.901. The quantitative estimate of drug-likeness (QED) is 0.0975. The van der Waals surface area contributed by atoms with Crippen molar-refractivity contribution in [3.63, 3.8) is 0 Å². The number of hydrogen-bond donors (Lipinski definition) is 4. The maximum Gasteiger partial charge on any atom is 0.328 e. The van der Waals surface area contributed by atoms with E-state index in [2.05, 4.69) is 15.6 Å². The minimum atomic E-state index is -1.26. The SMILES string of the molecule is CNCC(=O)O[C@H](C)Cn1c(C)c(C(=O)Nc2ccc(Oc3ccnc4cc(OC)ccc34)c(F)c2)c(=O)n1-c1ccccc1.O=C(O)C=CC(=O)O. The Bertz CT molecular complexity index is 2200. The van der Waals surface area contributed by atoms with Gasteiger partial charge in [0.1, 0.15) is 23.2 Å². The van der Waals surface area contributed by atoms with Crippen molar-refractivity contribution in [1.29, 1.82) is 0 Å². The van der Waals surface area contributed by atoms with Gasteiger partial charge in [0.05, 0.1) is 37.1 Å². The standard InChI is InChI=1S/C33H32FN5O6.C4H4O4/c1-20(44-30(40)18-35-3)19-38-21(2)31(33(42)39(38)23-8-6-5-7-9-23)32(41)37-22-10-13-29(26(34)16-22)45-28-14-15-36-27-17-24(43-4)11-12-25(27)28;5-3(6)1-2-4(7)8/h5-17,20,35H,18-19H2,1-4H3,(H,37,41);1-2H,(H,5,6)(H,7,8)/t20-;/m1./s1. The summed E-state index contributed by atoms with van der Waals surface area (Å²) in [5.74, 6) is -3.45. The molecule has 0 aliphatic rings. The predicted molar refractivity (Wildman–Crippen MR) is 191 cm³/mol. The molecule has 15 nitrogen and oxygen atoms in total. The van der Waals surface area contributed by atoms with Crippen LogP contribution in [0.15, 0.2) is 95.9 Å². The van der Waals surface area contributed by atoms with E-state index in [-0.39, 0.29) is 30.1 Å². The molecule has 276 valence electrons. The summed E-state index contributed by atoms with van der Waals surface area (Å²) in [6.45, 7) is 3.47. The van der Waals surface area contributed by atoms with Crippen molar-refractivity contribution in [2.24, 2.45) is 0 Å². The van der Waals surface area contributed by atoms with Crippen LogP contribution >= 0.6 is 0 Å². The van der Waals surface area contributed by atoms with Crippen LogP contribution in [0.4, 0.5) is 10.1 Å². The Morgan fingerprint density at radius 1 is 0.962 bits per heavy atom. The molecule has 0 fully saturated rings. The molecule has 0 aliphatic heterocycles. The number of aliphatic carboxylic acids is 2. The van der Waals surface area contributed by atoms with Gasteiger partial charge in [-0.1, -0.05) is 18.2 Å². The summed E-state index contributed by atoms with van der Waals surface area (Å²) in [6, 6.07) is 19.7. The number of carbonyl (C=O) groups is 4. The Hall–Kier alpha value is -6.81. The number of esters is 1. The number of methoxy groups -OCH3 is 1. The van der Waals surface area contributed by atoms with Crippen molar-refractivity contribution >= 4 is 40.4 Å². The fourth-order valence-electron chi connectivity index (χ4n) is 5.08. The monoisotopic (exact) mass is 729 g/mol. The van der Waals surface area contributed by atoms with Gasteiger partial charge >= 0.3 is 17.9 Å². The van der Waals surface area contributed by atoms with Gasteiger partial charge in [-0.2, -0.15) is 0 Å². The number of benzene rings is 3. The third kappa shape index (κ3) is 10.1. The van der Waals surface area contributed by atoms with E-state index in [1.807, 2.05) is 0 Å². The molecule has 53 heavy (non-hydrogen) atoms. The number of carboxylic acid groups (broad SMARTS) is 2. The van der Waals surface area contributed by atoms with Crippen molar-refractivity contribution in [3.8, 4) is 22.9 Å². The van der Waals surface area contributed by atoms with E-state index < -0.39 is 41.3 Å². The first-order chi connectivity index (χ1) is 25.3. The molecule has 0 radical (unpaired) electrons. The largest absolute Gasteiger partial charge is 0.497 e. The normalized spacial score (nSPS) is 11.3. The third-order valence-electron chi connectivity index (χ3n) is 7.40. The molecule has 16 heteroatoms. The molecule has 2 heterocycles. The van der Waals surface area contributed by atoms with Crippen molar-refractivity contribution in [2.75, 3.05) is 26.0 Å². The third-order valence-corrected chi connectivity index (χ3v) is 7.40. The van der Waals surface area contributed by atoms with Gasteiger partial charge in [0, 0.05) is 41.6 Å². The number of pyridine rings is 1. The smallest absolute Gasteiger partial charge is 0.328 e. The highest BCUT2D eigenvalue weighted by atomic mass is 19.1.